The van der Waals surface area contributed by atoms with Crippen molar-refractivity contribution in [3.8, 4) is 0 Å². The number of morpholine rings is 1. The Balaban J connectivity index is 1.49. The third-order valence-corrected chi connectivity index (χ3v) is 4.72. The molecule has 3 aromatic rings. The number of aromatic nitrogens is 2. The van der Waals surface area contributed by atoms with Crippen LogP contribution in [0.2, 0.25) is 0 Å². The van der Waals surface area contributed by atoms with Gasteiger partial charge >= 0.3 is 0 Å². The average molecular weight is 356 g/mol. The van der Waals surface area contributed by atoms with E-state index in [4.69, 9.17) is 14.1 Å². The quantitative estimate of drug-likeness (QED) is 0.675. The van der Waals surface area contributed by atoms with Crippen LogP contribution in [0.25, 0.3) is 11.0 Å². The highest BCUT2D eigenvalue weighted by Crippen LogP contribution is 2.21. The lowest BCUT2D eigenvalue weighted by Gasteiger charge is -2.27. The van der Waals surface area contributed by atoms with E-state index in [9.17, 15) is 5.11 Å². The van der Waals surface area contributed by atoms with Gasteiger partial charge in [-0.2, -0.15) is 0 Å². The molecule has 1 fully saturated rings. The highest BCUT2D eigenvalue weighted by molar-refractivity contribution is 5.78. The van der Waals surface area contributed by atoms with Crippen LogP contribution in [0.3, 0.4) is 0 Å². The van der Waals surface area contributed by atoms with Crippen molar-refractivity contribution in [2.75, 3.05) is 44.7 Å². The maximum Gasteiger partial charge on any atom is 0.204 e. The second-order valence-corrected chi connectivity index (χ2v) is 6.44. The van der Waals surface area contributed by atoms with Gasteiger partial charge in [-0.25, -0.2) is 4.98 Å². The molecular formula is C19H24N4O3. The zero-order valence-electron chi connectivity index (χ0n) is 14.7. The molecule has 0 bridgehead atoms. The van der Waals surface area contributed by atoms with Crippen molar-refractivity contribution in [1.82, 2.24) is 14.5 Å². The molecule has 2 N–H and O–H groups in total. The minimum Gasteiger partial charge on any atom is -0.467 e. The Morgan fingerprint density at radius 3 is 2.77 bits per heavy atom. The average Bonchev–Trinajstić information content (AvgIpc) is 3.33. The van der Waals surface area contributed by atoms with Gasteiger partial charge in [-0.05, 0) is 24.3 Å². The molecule has 1 aliphatic heterocycles. The summed E-state index contributed by atoms with van der Waals surface area (Å²) in [5.41, 5.74) is 2.04. The number of furan rings is 1. The Hall–Kier alpha value is -2.35. The van der Waals surface area contributed by atoms with Crippen LogP contribution in [0.1, 0.15) is 11.9 Å². The van der Waals surface area contributed by atoms with Gasteiger partial charge in [-0.15, -0.1) is 0 Å². The first kappa shape index (κ1) is 17.1. The number of anilines is 1. The van der Waals surface area contributed by atoms with E-state index in [1.165, 1.54) is 0 Å². The Morgan fingerprint density at radius 1 is 1.12 bits per heavy atom. The van der Waals surface area contributed by atoms with Crippen molar-refractivity contribution in [2.24, 2.45) is 0 Å². The van der Waals surface area contributed by atoms with Crippen LogP contribution in [-0.2, 0) is 11.3 Å². The van der Waals surface area contributed by atoms with Gasteiger partial charge in [0.1, 0.15) is 11.9 Å². The molecule has 0 spiro atoms. The third kappa shape index (κ3) is 3.75. The van der Waals surface area contributed by atoms with E-state index >= 15 is 0 Å². The summed E-state index contributed by atoms with van der Waals surface area (Å²) < 4.78 is 12.9. The standard InChI is InChI=1S/C19H24N4O3/c24-17(18-6-3-11-26-18)14-20-19-21-15-4-1-2-5-16(15)23(19)8-7-22-9-12-25-13-10-22/h1-6,11,17,24H,7-10,12-14H2,(H,20,21). The van der Waals surface area contributed by atoms with Gasteiger partial charge in [0, 0.05) is 26.2 Å². The third-order valence-electron chi connectivity index (χ3n) is 4.72. The Kier molecular flexibility index (Phi) is 5.19. The van der Waals surface area contributed by atoms with Crippen LogP contribution >= 0.6 is 0 Å². The predicted octanol–water partition coefficient (Wildman–Crippen LogP) is 2.11. The Bertz CT molecular complexity index is 825. The number of hydrogen-bond acceptors (Lipinski definition) is 6. The second kappa shape index (κ2) is 7.90. The number of hydrogen-bond donors (Lipinski definition) is 2. The van der Waals surface area contributed by atoms with Gasteiger partial charge in [0.25, 0.3) is 0 Å². The van der Waals surface area contributed by atoms with Crippen molar-refractivity contribution in [1.29, 1.82) is 0 Å². The molecule has 26 heavy (non-hydrogen) atoms. The number of aliphatic hydroxyl groups excluding tert-OH is 1. The first-order chi connectivity index (χ1) is 12.8. The molecule has 1 aliphatic rings. The van der Waals surface area contributed by atoms with E-state index in [-0.39, 0.29) is 0 Å². The second-order valence-electron chi connectivity index (χ2n) is 6.44. The Labute approximate surface area is 152 Å². The molecule has 0 aliphatic carbocycles. The molecule has 0 saturated carbocycles. The van der Waals surface area contributed by atoms with Crippen LogP contribution in [-0.4, -0.2) is 59.0 Å². The summed E-state index contributed by atoms with van der Waals surface area (Å²) in [6.07, 6.45) is 0.855. The lowest BCUT2D eigenvalue weighted by atomic mass is 10.3. The number of ether oxygens (including phenoxy) is 1. The molecule has 3 heterocycles. The van der Waals surface area contributed by atoms with Gasteiger partial charge in [-0.1, -0.05) is 12.1 Å². The maximum atomic E-state index is 10.3. The number of nitrogens with zero attached hydrogens (tertiary/aromatic N) is 3. The summed E-state index contributed by atoms with van der Waals surface area (Å²) in [6.45, 7) is 5.64. The molecule has 1 aromatic carbocycles. The molecule has 1 unspecified atom stereocenters. The fourth-order valence-electron chi connectivity index (χ4n) is 3.27. The van der Waals surface area contributed by atoms with Gasteiger partial charge in [0.05, 0.1) is 37.1 Å². The van der Waals surface area contributed by atoms with Gasteiger partial charge in [0.15, 0.2) is 0 Å². The zero-order valence-corrected chi connectivity index (χ0v) is 14.7. The largest absolute Gasteiger partial charge is 0.467 e. The van der Waals surface area contributed by atoms with Crippen molar-refractivity contribution in [3.63, 3.8) is 0 Å². The normalized spacial score (nSPS) is 16.8. The zero-order chi connectivity index (χ0) is 17.8. The summed E-state index contributed by atoms with van der Waals surface area (Å²) in [7, 11) is 0. The molecule has 4 rings (SSSR count). The Morgan fingerprint density at radius 2 is 1.96 bits per heavy atom. The van der Waals surface area contributed by atoms with Crippen LogP contribution in [0.15, 0.2) is 47.1 Å². The molecule has 0 amide bonds. The summed E-state index contributed by atoms with van der Waals surface area (Å²) in [5, 5.41) is 13.5. The fourth-order valence-corrected chi connectivity index (χ4v) is 3.27. The molecular weight excluding hydrogens is 332 g/mol. The lowest BCUT2D eigenvalue weighted by Crippen LogP contribution is -2.38. The molecule has 2 aromatic heterocycles. The van der Waals surface area contributed by atoms with E-state index in [1.807, 2.05) is 18.2 Å². The summed E-state index contributed by atoms with van der Waals surface area (Å²) >= 11 is 0. The topological polar surface area (TPSA) is 75.7 Å². The summed E-state index contributed by atoms with van der Waals surface area (Å²) in [5.74, 6) is 1.32. The smallest absolute Gasteiger partial charge is 0.204 e. The highest BCUT2D eigenvalue weighted by Gasteiger charge is 2.16. The number of fused-ring (bicyclic) bond motifs is 1. The number of nitrogens with one attached hydrogen (secondary N) is 1. The lowest BCUT2D eigenvalue weighted by molar-refractivity contribution is 0.0366. The van der Waals surface area contributed by atoms with Crippen LogP contribution < -0.4 is 5.32 Å². The van der Waals surface area contributed by atoms with Crippen LogP contribution in [0.4, 0.5) is 5.95 Å². The van der Waals surface area contributed by atoms with E-state index in [1.54, 1.807) is 18.4 Å². The number of rotatable bonds is 7. The minimum absolute atomic E-state index is 0.342. The monoisotopic (exact) mass is 356 g/mol. The van der Waals surface area contributed by atoms with E-state index in [0.717, 1.165) is 56.4 Å². The van der Waals surface area contributed by atoms with E-state index in [0.29, 0.717) is 12.3 Å². The molecule has 1 saturated heterocycles. The number of para-hydroxylation sites is 2. The predicted molar refractivity (Wildman–Crippen MR) is 99.1 cm³/mol. The number of imidazole rings is 1. The summed E-state index contributed by atoms with van der Waals surface area (Å²) in [4.78, 5) is 7.10. The first-order valence-electron chi connectivity index (χ1n) is 9.02. The van der Waals surface area contributed by atoms with Crippen molar-refractivity contribution < 1.29 is 14.3 Å². The van der Waals surface area contributed by atoms with Gasteiger partial charge in [-0.3, -0.25) is 4.90 Å². The van der Waals surface area contributed by atoms with Crippen molar-refractivity contribution in [3.05, 3.63) is 48.4 Å². The maximum absolute atomic E-state index is 10.3. The van der Waals surface area contributed by atoms with Crippen molar-refractivity contribution in [2.45, 2.75) is 12.6 Å². The van der Waals surface area contributed by atoms with Crippen LogP contribution in [0.5, 0.6) is 0 Å². The van der Waals surface area contributed by atoms with Gasteiger partial charge < -0.3 is 24.1 Å². The summed E-state index contributed by atoms with van der Waals surface area (Å²) in [6, 6.07) is 11.6. The number of benzene rings is 1. The SMILES string of the molecule is OC(CNc1nc2ccccc2n1CCN1CCOCC1)c1ccco1. The van der Waals surface area contributed by atoms with E-state index in [2.05, 4.69) is 20.9 Å². The number of aliphatic hydroxyl groups is 1. The highest BCUT2D eigenvalue weighted by atomic mass is 16.5. The fraction of sp³-hybridized carbons (Fsp3) is 0.421. The molecule has 7 nitrogen and oxygen atoms in total. The van der Waals surface area contributed by atoms with Gasteiger partial charge in [0.2, 0.25) is 5.95 Å². The molecule has 138 valence electrons. The van der Waals surface area contributed by atoms with Crippen molar-refractivity contribution >= 4 is 17.0 Å². The molecule has 1 atom stereocenters. The minimum atomic E-state index is -0.711. The first-order valence-corrected chi connectivity index (χ1v) is 9.02. The molecule has 7 heteroatoms. The van der Waals surface area contributed by atoms with E-state index < -0.39 is 6.10 Å². The molecule has 0 radical (unpaired) electrons. The van der Waals surface area contributed by atoms with Crippen LogP contribution in [0, 0.1) is 0 Å².